The molecule has 0 aliphatic rings. The zero-order valence-corrected chi connectivity index (χ0v) is 21.8. The summed E-state index contributed by atoms with van der Waals surface area (Å²) in [6, 6.07) is 18.1. The molecule has 0 N–H and O–H groups in total. The summed E-state index contributed by atoms with van der Waals surface area (Å²) in [7, 11) is 0. The van der Waals surface area contributed by atoms with Gasteiger partial charge in [0.2, 0.25) is 0 Å². The molecule has 0 spiro atoms. The van der Waals surface area contributed by atoms with Crippen LogP contribution in [0.25, 0.3) is 16.6 Å². The van der Waals surface area contributed by atoms with E-state index in [-0.39, 0.29) is 52.9 Å². The third-order valence-electron chi connectivity index (χ3n) is 5.59. The van der Waals surface area contributed by atoms with E-state index in [2.05, 4.69) is 8.75 Å². The van der Waals surface area contributed by atoms with Gasteiger partial charge in [0.05, 0.1) is 17.7 Å². The Kier molecular flexibility index (Phi) is 7.97. The summed E-state index contributed by atoms with van der Waals surface area (Å²) in [6.07, 6.45) is 0.169. The first-order valence-electron chi connectivity index (χ1n) is 10.2. The van der Waals surface area contributed by atoms with Gasteiger partial charge in [0, 0.05) is 23.1 Å². The van der Waals surface area contributed by atoms with Crippen molar-refractivity contribution in [3.63, 3.8) is 0 Å². The van der Waals surface area contributed by atoms with Crippen molar-refractivity contribution in [1.82, 2.24) is 8.75 Å². The number of carbonyl (C=O) groups excluding carboxylic acids is 2. The van der Waals surface area contributed by atoms with Crippen LogP contribution < -0.4 is 34.7 Å². The predicted molar refractivity (Wildman–Crippen MR) is 124 cm³/mol. The van der Waals surface area contributed by atoms with Gasteiger partial charge in [0.15, 0.2) is 5.78 Å². The van der Waals surface area contributed by atoms with Gasteiger partial charge in [0.1, 0.15) is 11.0 Å². The summed E-state index contributed by atoms with van der Waals surface area (Å²) in [5, 5.41) is 12.4. The Morgan fingerprint density at radius 3 is 2.15 bits per heavy atom. The van der Waals surface area contributed by atoms with Crippen molar-refractivity contribution in [2.24, 2.45) is 0 Å². The summed E-state index contributed by atoms with van der Waals surface area (Å²) >= 11 is 1.05. The number of benzene rings is 3. The van der Waals surface area contributed by atoms with E-state index >= 15 is 0 Å². The Bertz CT molecular complexity index is 1370. The minimum absolute atomic E-state index is 0. The molecule has 1 heterocycles. The molecule has 3 aromatic carbocycles. The van der Waals surface area contributed by atoms with Crippen molar-refractivity contribution in [3.8, 4) is 0 Å². The van der Waals surface area contributed by atoms with Gasteiger partial charge in [-0.25, -0.2) is 0 Å². The zero-order chi connectivity index (χ0) is 22.8. The Hall–Kier alpha value is -2.64. The Morgan fingerprint density at radius 1 is 0.818 bits per heavy atom. The van der Waals surface area contributed by atoms with Gasteiger partial charge in [-0.3, -0.25) is 4.79 Å². The van der Waals surface area contributed by atoms with E-state index in [0.717, 1.165) is 34.0 Å². The van der Waals surface area contributed by atoms with Gasteiger partial charge in [-0.15, -0.1) is 0 Å². The maximum absolute atomic E-state index is 13.6. The monoisotopic (exact) mass is 464 g/mol. The van der Waals surface area contributed by atoms with Crippen LogP contribution in [0.4, 0.5) is 0 Å². The minimum atomic E-state index is -1.40. The molecule has 0 amide bonds. The van der Waals surface area contributed by atoms with Crippen molar-refractivity contribution in [1.29, 1.82) is 0 Å². The molecule has 33 heavy (non-hydrogen) atoms. The van der Waals surface area contributed by atoms with E-state index < -0.39 is 5.97 Å². The summed E-state index contributed by atoms with van der Waals surface area (Å²) in [5.41, 5.74) is 6.11. The number of carboxylic acid groups (broad SMARTS) is 1. The molecule has 5 nitrogen and oxygen atoms in total. The molecule has 0 aliphatic heterocycles. The van der Waals surface area contributed by atoms with Crippen LogP contribution in [0.2, 0.25) is 0 Å². The number of aliphatic carboxylic acids is 1. The molecule has 4 aromatic rings. The summed E-state index contributed by atoms with van der Waals surface area (Å²) in [4.78, 5) is 26.0. The zero-order valence-electron chi connectivity index (χ0n) is 19.0. The van der Waals surface area contributed by atoms with Gasteiger partial charge < -0.3 is 9.90 Å². The summed E-state index contributed by atoms with van der Waals surface area (Å²) in [6.45, 7) is 5.87. The second-order valence-corrected chi connectivity index (χ2v) is 8.43. The smallest absolute Gasteiger partial charge is 0.545 e. The molecule has 7 heteroatoms. The second-order valence-electron chi connectivity index (χ2n) is 7.90. The second kappa shape index (κ2) is 10.5. The number of carboxylic acids is 1. The first-order chi connectivity index (χ1) is 15.3. The molecule has 0 saturated carbocycles. The third kappa shape index (κ3) is 5.47. The molecule has 4 rings (SSSR count). The first-order valence-corrected chi connectivity index (χ1v) is 10.9. The molecule has 0 atom stereocenters. The van der Waals surface area contributed by atoms with E-state index in [1.807, 2.05) is 51.1 Å². The number of aromatic nitrogens is 2. The van der Waals surface area contributed by atoms with E-state index in [1.54, 1.807) is 30.3 Å². The number of hydrogen-bond acceptors (Lipinski definition) is 6. The first kappa shape index (κ1) is 25.0. The fraction of sp³-hybridized carbons (Fsp3) is 0.154. The van der Waals surface area contributed by atoms with Gasteiger partial charge >= 0.3 is 29.6 Å². The Labute approximate surface area is 218 Å². The third-order valence-corrected chi connectivity index (χ3v) is 6.15. The van der Waals surface area contributed by atoms with E-state index in [4.69, 9.17) is 0 Å². The topological polar surface area (TPSA) is 83.0 Å². The number of carbonyl (C=O) groups is 2. The van der Waals surface area contributed by atoms with Crippen LogP contribution in [0.15, 0.2) is 66.2 Å². The number of aryl methyl sites for hydroxylation is 3. The van der Waals surface area contributed by atoms with Gasteiger partial charge in [0.25, 0.3) is 0 Å². The van der Waals surface area contributed by atoms with Crippen LogP contribution in [-0.2, 0) is 11.2 Å². The van der Waals surface area contributed by atoms with Crippen LogP contribution in [-0.4, -0.2) is 20.5 Å². The molecule has 0 aliphatic carbocycles. The van der Waals surface area contributed by atoms with E-state index in [9.17, 15) is 14.7 Å². The van der Waals surface area contributed by atoms with E-state index in [1.165, 1.54) is 0 Å². The number of rotatable bonds is 6. The number of ketones is 1. The average molecular weight is 465 g/mol. The standard InChI is InChI=1S/C26H22N2O3S.Na/c1-15-4-7-18(8-5-15)13-21(25(29)20-9-6-16(2)17(3)12-20)24(26(30)31)19-10-11-22-23(14-19)28-32-27-22;/h4-12,14H,13H2,1-3H3,(H,30,31);/q;+1/p-1. The number of allylic oxidation sites excluding steroid dienone is 1. The molecule has 0 radical (unpaired) electrons. The van der Waals surface area contributed by atoms with Crippen molar-refractivity contribution in [3.05, 3.63) is 99.6 Å². The molecule has 0 unspecified atom stereocenters. The van der Waals surface area contributed by atoms with Crippen LogP contribution in [0, 0.1) is 20.8 Å². The number of Topliss-reactive ketones (excluding diaryl/α,β-unsaturated/α-hetero) is 1. The van der Waals surface area contributed by atoms with Crippen LogP contribution in [0.5, 0.6) is 0 Å². The van der Waals surface area contributed by atoms with Crippen molar-refractivity contribution >= 4 is 40.1 Å². The minimum Gasteiger partial charge on any atom is -0.545 e. The van der Waals surface area contributed by atoms with Gasteiger partial charge in [-0.1, -0.05) is 48.0 Å². The maximum atomic E-state index is 13.6. The number of fused-ring (bicyclic) bond motifs is 1. The fourth-order valence-corrected chi connectivity index (χ4v) is 4.12. The van der Waals surface area contributed by atoms with Gasteiger partial charge in [-0.2, -0.15) is 8.75 Å². The normalized spacial score (nSPS) is 11.6. The Morgan fingerprint density at radius 2 is 1.48 bits per heavy atom. The van der Waals surface area contributed by atoms with Gasteiger partial charge in [-0.05, 0) is 61.2 Å². The molecule has 0 saturated heterocycles. The Balaban J connectivity index is 0.00000306. The maximum Gasteiger partial charge on any atom is 1.00 e. The fourth-order valence-electron chi connectivity index (χ4n) is 3.60. The summed E-state index contributed by atoms with van der Waals surface area (Å²) < 4.78 is 8.38. The average Bonchev–Trinajstić information content (AvgIpc) is 3.24. The largest absolute Gasteiger partial charge is 1.00 e. The van der Waals surface area contributed by atoms with Crippen molar-refractivity contribution in [2.75, 3.05) is 0 Å². The molecular formula is C26H21N2NaO3S. The molecule has 160 valence electrons. The SMILES string of the molecule is Cc1ccc(CC(C(=O)c2ccc(C)c(C)c2)=C(C(=O)[O-])c2ccc3nsnc3c2)cc1.[Na+]. The quantitative estimate of drug-likeness (QED) is 0.244. The molecular weight excluding hydrogens is 443 g/mol. The van der Waals surface area contributed by atoms with E-state index in [0.29, 0.717) is 22.2 Å². The molecule has 1 aromatic heterocycles. The molecule has 0 fully saturated rings. The van der Waals surface area contributed by atoms with Crippen molar-refractivity contribution in [2.45, 2.75) is 27.2 Å². The van der Waals surface area contributed by atoms with Crippen LogP contribution in [0.3, 0.4) is 0 Å². The van der Waals surface area contributed by atoms with Crippen LogP contribution >= 0.6 is 11.7 Å². The number of hydrogen-bond donors (Lipinski definition) is 0. The molecule has 0 bridgehead atoms. The van der Waals surface area contributed by atoms with Crippen LogP contribution in [0.1, 0.15) is 38.2 Å². The predicted octanol–water partition coefficient (Wildman–Crippen LogP) is 1.25. The van der Waals surface area contributed by atoms with Crippen molar-refractivity contribution < 1.29 is 44.3 Å². The summed E-state index contributed by atoms with van der Waals surface area (Å²) in [5.74, 6) is -1.73. The number of nitrogens with zero attached hydrogens (tertiary/aromatic N) is 2.